The number of carbonyl (C=O) groups is 4. The Morgan fingerprint density at radius 1 is 0.930 bits per heavy atom. The van der Waals surface area contributed by atoms with Gasteiger partial charge in [-0.25, -0.2) is 9.59 Å². The van der Waals surface area contributed by atoms with Crippen molar-refractivity contribution < 1.29 is 38.5 Å². The molecule has 43 heavy (non-hydrogen) atoms. The Bertz CT molecular complexity index is 1130. The van der Waals surface area contributed by atoms with Crippen LogP contribution in [0.25, 0.3) is 0 Å². The number of carbonyl (C=O) groups excluding carboxylic acids is 4. The molecular weight excluding hydrogens is 554 g/mol. The Balaban J connectivity index is 1.24. The Morgan fingerprint density at radius 2 is 1.60 bits per heavy atom. The minimum Gasteiger partial charge on any atom is -0.449 e. The third kappa shape index (κ3) is 11.5. The maximum absolute atomic E-state index is 12.9. The Labute approximate surface area is 253 Å². The lowest BCUT2D eigenvalue weighted by molar-refractivity contribution is -0.127. The van der Waals surface area contributed by atoms with Crippen molar-refractivity contribution in [2.24, 2.45) is 29.6 Å². The van der Waals surface area contributed by atoms with E-state index in [0.29, 0.717) is 30.0 Å². The number of Topliss-reactive ketones (excluding diaryl/α,β-unsaturated/α-hetero) is 1. The van der Waals surface area contributed by atoms with Crippen LogP contribution in [0.5, 0.6) is 0 Å². The van der Waals surface area contributed by atoms with Gasteiger partial charge >= 0.3 is 12.2 Å². The number of hydrogen-bond acceptors (Lipinski definition) is 8. The molecule has 3 amide bonds. The van der Waals surface area contributed by atoms with Crippen molar-refractivity contribution in [2.45, 2.75) is 65.5 Å². The molecule has 11 nitrogen and oxygen atoms in total. The number of amides is 3. The van der Waals surface area contributed by atoms with Crippen molar-refractivity contribution in [1.82, 2.24) is 10.6 Å². The molecule has 236 valence electrons. The minimum absolute atomic E-state index is 0.0304. The number of benzene rings is 1. The summed E-state index contributed by atoms with van der Waals surface area (Å²) in [6.07, 6.45) is 2.73. The summed E-state index contributed by atoms with van der Waals surface area (Å²) in [7, 11) is 0. The van der Waals surface area contributed by atoms with Crippen molar-refractivity contribution in [3.8, 4) is 11.8 Å². The monoisotopic (exact) mass is 599 g/mol. The van der Waals surface area contributed by atoms with Gasteiger partial charge in [0.15, 0.2) is 5.78 Å². The van der Waals surface area contributed by atoms with Gasteiger partial charge in [-0.1, -0.05) is 32.9 Å². The van der Waals surface area contributed by atoms with E-state index in [1.807, 2.05) is 0 Å². The van der Waals surface area contributed by atoms with E-state index >= 15 is 0 Å². The molecule has 1 fully saturated rings. The van der Waals surface area contributed by atoms with E-state index in [4.69, 9.17) is 19.3 Å². The number of ether oxygens (including phenoxy) is 3. The van der Waals surface area contributed by atoms with E-state index in [0.717, 1.165) is 31.2 Å². The van der Waals surface area contributed by atoms with Crippen LogP contribution in [-0.4, -0.2) is 68.0 Å². The van der Waals surface area contributed by atoms with Crippen molar-refractivity contribution in [1.29, 1.82) is 0 Å². The van der Waals surface area contributed by atoms with Crippen molar-refractivity contribution >= 4 is 29.6 Å². The minimum atomic E-state index is -0.815. The van der Waals surface area contributed by atoms with Crippen LogP contribution in [0.1, 0.15) is 58.4 Å². The molecule has 1 aromatic rings. The number of hydrogen-bond donors (Lipinski definition) is 4. The number of ketones is 1. The molecule has 1 aromatic carbocycles. The molecule has 0 aromatic heterocycles. The molecule has 1 saturated carbocycles. The topological polar surface area (TPSA) is 152 Å². The highest BCUT2D eigenvalue weighted by Gasteiger charge is 2.49. The summed E-state index contributed by atoms with van der Waals surface area (Å²) in [6.45, 7) is 6.16. The second-order valence-corrected chi connectivity index (χ2v) is 11.5. The molecule has 2 aliphatic rings. The third-order valence-corrected chi connectivity index (χ3v) is 7.87. The fourth-order valence-corrected chi connectivity index (χ4v) is 5.29. The van der Waals surface area contributed by atoms with Gasteiger partial charge in [-0.05, 0) is 54.2 Å². The number of anilines is 1. The number of aliphatic hydroxyl groups is 1. The summed E-state index contributed by atoms with van der Waals surface area (Å²) in [5.74, 6) is 6.59. The molecule has 4 N–H and O–H groups in total. The summed E-state index contributed by atoms with van der Waals surface area (Å²) in [5, 5.41) is 17.1. The van der Waals surface area contributed by atoms with Crippen LogP contribution in [0.4, 0.5) is 15.3 Å². The maximum Gasteiger partial charge on any atom is 0.407 e. The summed E-state index contributed by atoms with van der Waals surface area (Å²) in [4.78, 5) is 49.7. The smallest absolute Gasteiger partial charge is 0.407 e. The molecule has 0 aliphatic heterocycles. The third-order valence-electron chi connectivity index (χ3n) is 7.87. The molecule has 0 heterocycles. The van der Waals surface area contributed by atoms with Gasteiger partial charge in [0.2, 0.25) is 5.91 Å². The molecule has 2 aliphatic carbocycles. The molecule has 3 rings (SSSR count). The first-order valence-electron chi connectivity index (χ1n) is 15.1. The Kier molecular flexibility index (Phi) is 13.8. The normalized spacial score (nSPS) is 20.2. The summed E-state index contributed by atoms with van der Waals surface area (Å²) in [6, 6.07) is 5.95. The Hall–Kier alpha value is -3.62. The van der Waals surface area contributed by atoms with Gasteiger partial charge in [0.05, 0.1) is 32.5 Å². The summed E-state index contributed by atoms with van der Waals surface area (Å²) in [5.41, 5.74) is 1.29. The largest absolute Gasteiger partial charge is 0.449 e. The van der Waals surface area contributed by atoms with E-state index in [-0.39, 0.29) is 57.0 Å². The zero-order chi connectivity index (χ0) is 31.2. The van der Waals surface area contributed by atoms with Gasteiger partial charge < -0.3 is 35.3 Å². The van der Waals surface area contributed by atoms with Crippen LogP contribution in [0.3, 0.4) is 0 Å². The van der Waals surface area contributed by atoms with Gasteiger partial charge in [-0.2, -0.15) is 0 Å². The second kappa shape index (κ2) is 17.5. The zero-order valence-corrected chi connectivity index (χ0v) is 25.4. The van der Waals surface area contributed by atoms with Crippen LogP contribution in [0.15, 0.2) is 24.3 Å². The highest BCUT2D eigenvalue weighted by Crippen LogP contribution is 2.52. The zero-order valence-electron chi connectivity index (χ0n) is 25.4. The van der Waals surface area contributed by atoms with Crippen molar-refractivity contribution in [3.63, 3.8) is 0 Å². The van der Waals surface area contributed by atoms with E-state index in [1.165, 1.54) is 0 Å². The first-order chi connectivity index (χ1) is 20.7. The predicted molar refractivity (Wildman–Crippen MR) is 160 cm³/mol. The highest BCUT2D eigenvalue weighted by molar-refractivity contribution is 5.96. The predicted octanol–water partition coefficient (Wildman–Crippen LogP) is 3.65. The van der Waals surface area contributed by atoms with Gasteiger partial charge in [-0.15, -0.1) is 11.8 Å². The van der Waals surface area contributed by atoms with Crippen molar-refractivity contribution in [2.75, 3.05) is 38.3 Å². The lowest BCUT2D eigenvalue weighted by Crippen LogP contribution is -2.45. The molecule has 5 atom stereocenters. The van der Waals surface area contributed by atoms with Crippen molar-refractivity contribution in [3.05, 3.63) is 29.8 Å². The first kappa shape index (κ1) is 33.9. The van der Waals surface area contributed by atoms with Crippen LogP contribution >= 0.6 is 0 Å². The fraction of sp³-hybridized carbons (Fsp3) is 0.625. The highest BCUT2D eigenvalue weighted by atomic mass is 16.6. The number of alkyl carbamates (subject to hydrolysis) is 2. The number of fused-ring (bicyclic) bond motifs is 1. The van der Waals surface area contributed by atoms with Crippen LogP contribution in [-0.2, 0) is 30.4 Å². The van der Waals surface area contributed by atoms with E-state index in [9.17, 15) is 19.2 Å². The van der Waals surface area contributed by atoms with Crippen LogP contribution in [0, 0.1) is 41.4 Å². The Morgan fingerprint density at radius 3 is 2.23 bits per heavy atom. The van der Waals surface area contributed by atoms with E-state index in [1.54, 1.807) is 45.0 Å². The number of aliphatic hydroxyl groups excluding tert-OH is 1. The number of rotatable bonds is 16. The first-order valence-corrected chi connectivity index (χ1v) is 15.1. The van der Waals surface area contributed by atoms with Crippen LogP contribution < -0.4 is 16.0 Å². The average molecular weight is 600 g/mol. The summed E-state index contributed by atoms with van der Waals surface area (Å²) < 4.78 is 15.9. The van der Waals surface area contributed by atoms with E-state index < -0.39 is 24.1 Å². The van der Waals surface area contributed by atoms with Gasteiger partial charge in [-0.3, -0.25) is 9.59 Å². The molecular formula is C32H45N3O8. The fourth-order valence-electron chi connectivity index (χ4n) is 5.29. The molecule has 11 heteroatoms. The van der Waals surface area contributed by atoms with Gasteiger partial charge in [0, 0.05) is 37.4 Å². The van der Waals surface area contributed by atoms with Crippen LogP contribution in [0.2, 0.25) is 0 Å². The average Bonchev–Trinajstić information content (AvgIpc) is 3.62. The lowest BCUT2D eigenvalue weighted by atomic mass is 9.93. The molecule has 0 spiro atoms. The second-order valence-electron chi connectivity index (χ2n) is 11.5. The van der Waals surface area contributed by atoms with Gasteiger partial charge in [0.1, 0.15) is 6.61 Å². The lowest BCUT2D eigenvalue weighted by Gasteiger charge is -2.22. The van der Waals surface area contributed by atoms with E-state index in [2.05, 4.69) is 27.8 Å². The molecule has 0 bridgehead atoms. The van der Waals surface area contributed by atoms with Gasteiger partial charge in [0.25, 0.3) is 0 Å². The SMILES string of the molecule is CC(C)[C@H](NC(=O)OCCOCCNC(=O)OCC1[C@H]2CCC#CCC[C@@H]12)C(=O)C[C@@H](C)C(=O)Nc1ccc(CO)cc1. The maximum atomic E-state index is 12.9. The quantitative estimate of drug-likeness (QED) is 0.166. The molecule has 0 saturated heterocycles. The number of nitrogens with one attached hydrogen (secondary N) is 3. The molecule has 0 radical (unpaired) electrons. The summed E-state index contributed by atoms with van der Waals surface area (Å²) >= 11 is 0. The molecule has 1 unspecified atom stereocenters. The standard InChI is InChI=1S/C32H45N3O8/c1-21(2)29(28(37)18-22(3)30(38)34-24-12-10-23(19-36)11-13-24)35-32(40)42-17-16-41-15-14-33-31(39)43-20-27-25-8-6-4-5-7-9-26(25)27/h10-13,21-22,25-27,29,36H,6-9,14-20H2,1-3H3,(H,33,39)(H,34,38)(H,35,40)/t22-,25-,26+,27?,29+/m1/s1.